The Bertz CT molecular complexity index is 2060. The van der Waals surface area contributed by atoms with E-state index in [1.54, 1.807) is 35.2 Å². The van der Waals surface area contributed by atoms with E-state index in [4.69, 9.17) is 13.9 Å². The van der Waals surface area contributed by atoms with E-state index in [2.05, 4.69) is 10.8 Å². The first-order valence-corrected chi connectivity index (χ1v) is 19.2. The minimum absolute atomic E-state index is 0.000257. The molecule has 0 aliphatic heterocycles. The van der Waals surface area contributed by atoms with Gasteiger partial charge < -0.3 is 33.7 Å². The number of aliphatic hydroxyl groups excluding tert-OH is 1. The minimum Gasteiger partial charge on any atom is -0.493 e. The fourth-order valence-corrected chi connectivity index (χ4v) is 8.58. The first-order chi connectivity index (χ1) is 27.1. The molecule has 2 N–H and O–H groups in total. The lowest BCUT2D eigenvalue weighted by atomic mass is 9.64. The van der Waals surface area contributed by atoms with Gasteiger partial charge in [0.05, 0.1) is 45.2 Å². The number of fused-ring (bicyclic) bond motifs is 8. The van der Waals surface area contributed by atoms with Gasteiger partial charge in [0.1, 0.15) is 5.75 Å². The normalized spacial score (nSPS) is 22.6. The highest BCUT2D eigenvalue weighted by atomic mass is 19.4. The van der Waals surface area contributed by atoms with E-state index in [9.17, 15) is 33.0 Å². The van der Waals surface area contributed by atoms with Crippen LogP contribution in [-0.2, 0) is 24.2 Å². The maximum atomic E-state index is 14.4. The first-order valence-electron chi connectivity index (χ1n) is 19.2. The molecule has 4 aromatic rings. The van der Waals surface area contributed by atoms with Gasteiger partial charge in [-0.1, -0.05) is 48.9 Å². The zero-order valence-corrected chi connectivity index (χ0v) is 32.7. The van der Waals surface area contributed by atoms with E-state index >= 15 is 0 Å². The number of hydrogen-bond donors (Lipinski definition) is 2. The number of furan rings is 1. The number of ether oxygens (including phenoxy) is 3. The van der Waals surface area contributed by atoms with Crippen LogP contribution in [0.15, 0.2) is 95.1 Å². The van der Waals surface area contributed by atoms with Gasteiger partial charge in [-0.05, 0) is 123 Å². The van der Waals surface area contributed by atoms with Crippen LogP contribution >= 0.6 is 0 Å². The van der Waals surface area contributed by atoms with Crippen LogP contribution in [-0.4, -0.2) is 65.6 Å². The number of hydrogen-bond acceptors (Lipinski definition) is 8. The fourth-order valence-electron chi connectivity index (χ4n) is 8.58. The first kappa shape index (κ1) is 41.6. The molecule has 3 aromatic carbocycles. The number of methoxy groups -OCH3 is 2. The number of benzene rings is 3. The van der Waals surface area contributed by atoms with Gasteiger partial charge in [0, 0.05) is 17.5 Å². The van der Waals surface area contributed by atoms with Crippen LogP contribution in [0.5, 0.6) is 17.2 Å². The summed E-state index contributed by atoms with van der Waals surface area (Å²) in [6.07, 6.45) is 1.65. The summed E-state index contributed by atoms with van der Waals surface area (Å²) >= 11 is 0. The van der Waals surface area contributed by atoms with Crippen LogP contribution in [0.1, 0.15) is 96.7 Å². The van der Waals surface area contributed by atoms with Gasteiger partial charge in [0.2, 0.25) is 11.7 Å². The van der Waals surface area contributed by atoms with E-state index in [0.29, 0.717) is 73.1 Å². The summed E-state index contributed by atoms with van der Waals surface area (Å²) in [5.74, 6) is -0.178. The molecule has 1 saturated carbocycles. The predicted octanol–water partition coefficient (Wildman–Crippen LogP) is 8.74. The number of carbonyl (C=O) groups excluding carboxylic acids is 2. The monoisotopic (exact) mass is 789 g/mol. The summed E-state index contributed by atoms with van der Waals surface area (Å²) in [5, 5.41) is 24.0. The van der Waals surface area contributed by atoms with E-state index in [1.807, 2.05) is 32.0 Å². The average molecular weight is 790 g/mol. The second-order valence-electron chi connectivity index (χ2n) is 15.6. The molecule has 0 saturated heterocycles. The number of rotatable bonds is 11. The van der Waals surface area contributed by atoms with Crippen LogP contribution in [0.25, 0.3) is 0 Å². The Morgan fingerprint density at radius 1 is 0.947 bits per heavy atom. The second-order valence-corrected chi connectivity index (χ2v) is 15.6. The molecule has 57 heavy (non-hydrogen) atoms. The van der Waals surface area contributed by atoms with Gasteiger partial charge in [-0.15, -0.1) is 13.2 Å². The summed E-state index contributed by atoms with van der Waals surface area (Å²) in [7, 11) is 3.02. The van der Waals surface area contributed by atoms with Crippen molar-refractivity contribution in [1.29, 1.82) is 0 Å². The largest absolute Gasteiger partial charge is 0.573 e. The molecule has 0 spiro atoms. The number of ketones is 1. The van der Waals surface area contributed by atoms with Crippen molar-refractivity contribution in [1.82, 2.24) is 4.90 Å². The molecule has 2 bridgehead atoms. The third-order valence-corrected chi connectivity index (χ3v) is 11.8. The Hall–Kier alpha value is -5.07. The predicted molar refractivity (Wildman–Crippen MR) is 207 cm³/mol. The number of carbonyl (C=O) groups is 2. The van der Waals surface area contributed by atoms with Crippen LogP contribution in [0.4, 0.5) is 13.2 Å². The molecular weight excluding hydrogens is 739 g/mol. The molecule has 0 unspecified atom stereocenters. The molecule has 3 aliphatic carbocycles. The molecule has 9 nitrogen and oxygen atoms in total. The smallest absolute Gasteiger partial charge is 0.493 e. The van der Waals surface area contributed by atoms with Crippen LogP contribution in [0.3, 0.4) is 0 Å². The van der Waals surface area contributed by atoms with Gasteiger partial charge in [-0.2, -0.15) is 0 Å². The third kappa shape index (κ3) is 9.56. The maximum absolute atomic E-state index is 14.4. The van der Waals surface area contributed by atoms with E-state index < -0.39 is 23.5 Å². The van der Waals surface area contributed by atoms with Gasteiger partial charge in [0.25, 0.3) is 0 Å². The molecule has 12 heteroatoms. The lowest BCUT2D eigenvalue weighted by molar-refractivity contribution is -0.274. The number of halogens is 3. The lowest BCUT2D eigenvalue weighted by Gasteiger charge is -2.46. The molecule has 304 valence electrons. The molecule has 7 rings (SSSR count). The van der Waals surface area contributed by atoms with Crippen molar-refractivity contribution in [3.8, 4) is 17.2 Å². The highest BCUT2D eigenvalue weighted by Gasteiger charge is 2.57. The fraction of sp³-hybridized carbons (Fsp3) is 0.422. The number of amides is 1. The third-order valence-electron chi connectivity index (χ3n) is 11.8. The summed E-state index contributed by atoms with van der Waals surface area (Å²) in [5.41, 5.74) is 2.01. The summed E-state index contributed by atoms with van der Waals surface area (Å²) in [4.78, 5) is 30.1. The molecular formula is C45H50F3NO8. The van der Waals surface area contributed by atoms with Crippen molar-refractivity contribution in [2.45, 2.75) is 95.7 Å². The number of nitrogens with zero attached hydrogens (tertiary/aromatic N) is 1. The topological polar surface area (TPSA) is 119 Å². The maximum Gasteiger partial charge on any atom is 0.573 e. The second kappa shape index (κ2) is 17.2. The summed E-state index contributed by atoms with van der Waals surface area (Å²) < 4.78 is 59.4. The molecule has 1 aromatic heterocycles. The van der Waals surface area contributed by atoms with Gasteiger partial charge in [-0.3, -0.25) is 9.59 Å². The highest BCUT2D eigenvalue weighted by molar-refractivity contribution is 6.08. The van der Waals surface area contributed by atoms with Gasteiger partial charge in [0.15, 0.2) is 17.3 Å². The van der Waals surface area contributed by atoms with Crippen molar-refractivity contribution in [3.05, 3.63) is 124 Å². The molecule has 1 fully saturated rings. The van der Waals surface area contributed by atoms with E-state index in [-0.39, 0.29) is 48.6 Å². The Labute approximate surface area is 331 Å². The standard InChI is InChI=1S/C45H50F3NO8/c1-29-7-5-20-43(2)37(35-17-12-31(23-33(50)14-9-29)24-36(35)42(52)39-8-6-22-56-39)19-21-44(43,53)28-49(27-30-10-15-34(16-11-30)57-45(46,47)48)41(51)26-32-13-18-38(54-3)40(25-32)55-4/h6-8,10-13,15-18,22,24-25,33,37,50,53H,5,9,14,19-21,23,26-28H2,1-4H3/t33-,37-,43-,44+/m0/s1. The Morgan fingerprint density at radius 3 is 2.37 bits per heavy atom. The quantitative estimate of drug-likeness (QED) is 0.115. The van der Waals surface area contributed by atoms with Crippen molar-refractivity contribution in [2.24, 2.45) is 5.41 Å². The minimum atomic E-state index is -4.86. The van der Waals surface area contributed by atoms with Crippen molar-refractivity contribution >= 4 is 11.7 Å². The van der Waals surface area contributed by atoms with Crippen LogP contribution in [0, 0.1) is 5.41 Å². The zero-order chi connectivity index (χ0) is 41.0. The highest BCUT2D eigenvalue weighted by Crippen LogP contribution is 2.59. The van der Waals surface area contributed by atoms with Crippen molar-refractivity contribution < 1.29 is 51.6 Å². The molecule has 3 aliphatic rings. The van der Waals surface area contributed by atoms with Crippen LogP contribution < -0.4 is 14.2 Å². The van der Waals surface area contributed by atoms with Crippen molar-refractivity contribution in [3.63, 3.8) is 0 Å². The number of allylic oxidation sites excluding steroid dienone is 2. The Balaban J connectivity index is 1.40. The summed E-state index contributed by atoms with van der Waals surface area (Å²) in [6, 6.07) is 19.5. The van der Waals surface area contributed by atoms with Crippen molar-refractivity contribution in [2.75, 3.05) is 20.8 Å². The SMILES string of the molecule is COc1ccc(CC(=O)N(Cc2ccc(OC(F)(F)F)cc2)C[C@]2(O)CC[C@H]3c4ccc(cc4C(=O)c4ccco4)C[C@@H](O)CCC(C)=CCC[C@@]32C)cc1OC. The molecule has 1 heterocycles. The average Bonchev–Trinajstić information content (AvgIpc) is 3.80. The van der Waals surface area contributed by atoms with Crippen LogP contribution in [0.2, 0.25) is 0 Å². The van der Waals surface area contributed by atoms with Gasteiger partial charge >= 0.3 is 6.36 Å². The van der Waals surface area contributed by atoms with E-state index in [0.717, 1.165) is 16.7 Å². The Kier molecular flexibility index (Phi) is 12.5. The molecule has 1 amide bonds. The van der Waals surface area contributed by atoms with E-state index in [1.165, 1.54) is 44.7 Å². The molecule has 0 radical (unpaired) electrons. The number of aliphatic hydroxyl groups is 2. The molecule has 4 atom stereocenters. The Morgan fingerprint density at radius 2 is 1.68 bits per heavy atom. The number of alkyl halides is 3. The summed E-state index contributed by atoms with van der Waals surface area (Å²) in [6.45, 7) is 3.98. The zero-order valence-electron chi connectivity index (χ0n) is 32.7. The van der Waals surface area contributed by atoms with Gasteiger partial charge in [-0.25, -0.2) is 0 Å². The lowest BCUT2D eigenvalue weighted by Crippen LogP contribution is -2.53.